The molecule has 1 atom stereocenters. The third kappa shape index (κ3) is 1.83. The van der Waals surface area contributed by atoms with E-state index in [0.29, 0.717) is 24.0 Å². The molecule has 4 heteroatoms. The Bertz CT molecular complexity index is 735. The van der Waals surface area contributed by atoms with Gasteiger partial charge in [0, 0.05) is 0 Å². The van der Waals surface area contributed by atoms with Crippen LogP contribution in [-0.2, 0) is 16.6 Å². The number of hydrogen-bond donors (Lipinski definition) is 2. The van der Waals surface area contributed by atoms with Crippen LogP contribution in [0.4, 0.5) is 0 Å². The summed E-state index contributed by atoms with van der Waals surface area (Å²) in [5.74, 6) is -2.10. The van der Waals surface area contributed by atoms with Gasteiger partial charge in [0.15, 0.2) is 0 Å². The maximum Gasteiger partial charge on any atom is 0.336 e. The van der Waals surface area contributed by atoms with E-state index < -0.39 is 17.4 Å². The Hall–Kier alpha value is -2.62. The Morgan fingerprint density at radius 3 is 2.19 bits per heavy atom. The fourth-order valence-electron chi connectivity index (χ4n) is 3.27. The quantitative estimate of drug-likeness (QED) is 0.907. The van der Waals surface area contributed by atoms with E-state index in [1.807, 2.05) is 12.1 Å². The lowest BCUT2D eigenvalue weighted by Gasteiger charge is -2.27. The van der Waals surface area contributed by atoms with Crippen molar-refractivity contribution in [3.05, 3.63) is 70.8 Å². The van der Waals surface area contributed by atoms with Gasteiger partial charge in [0.05, 0.1) is 5.56 Å². The highest BCUT2D eigenvalue weighted by Crippen LogP contribution is 2.45. The van der Waals surface area contributed by atoms with Gasteiger partial charge in [-0.25, -0.2) is 4.79 Å². The molecular formula is C17H14O4. The van der Waals surface area contributed by atoms with Crippen molar-refractivity contribution in [1.82, 2.24) is 0 Å². The van der Waals surface area contributed by atoms with Gasteiger partial charge in [0.2, 0.25) is 0 Å². The average Bonchev–Trinajstić information content (AvgIpc) is 2.88. The van der Waals surface area contributed by atoms with Gasteiger partial charge in [0.1, 0.15) is 5.41 Å². The minimum Gasteiger partial charge on any atom is -0.480 e. The summed E-state index contributed by atoms with van der Waals surface area (Å²) >= 11 is 0. The van der Waals surface area contributed by atoms with Crippen LogP contribution >= 0.6 is 0 Å². The lowest BCUT2D eigenvalue weighted by Crippen LogP contribution is -2.36. The molecule has 3 rings (SSSR count). The fraction of sp³-hybridized carbons (Fsp3) is 0.176. The van der Waals surface area contributed by atoms with Crippen molar-refractivity contribution in [2.45, 2.75) is 18.3 Å². The minimum absolute atomic E-state index is 0.0524. The Morgan fingerprint density at radius 1 is 0.905 bits per heavy atom. The van der Waals surface area contributed by atoms with Crippen molar-refractivity contribution in [3.63, 3.8) is 0 Å². The van der Waals surface area contributed by atoms with Crippen molar-refractivity contribution in [1.29, 1.82) is 0 Å². The van der Waals surface area contributed by atoms with E-state index in [4.69, 9.17) is 0 Å². The molecule has 2 N–H and O–H groups in total. The summed E-state index contributed by atoms with van der Waals surface area (Å²) in [5.41, 5.74) is 0.809. The molecule has 106 valence electrons. The maximum atomic E-state index is 12.1. The largest absolute Gasteiger partial charge is 0.480 e. The van der Waals surface area contributed by atoms with Crippen LogP contribution in [0.1, 0.15) is 33.5 Å². The van der Waals surface area contributed by atoms with Gasteiger partial charge in [0.25, 0.3) is 0 Å². The van der Waals surface area contributed by atoms with Crippen LogP contribution in [0.5, 0.6) is 0 Å². The lowest BCUT2D eigenvalue weighted by atomic mass is 9.73. The van der Waals surface area contributed by atoms with Gasteiger partial charge in [-0.1, -0.05) is 42.5 Å². The number of aryl methyl sites for hydroxylation is 1. The zero-order valence-corrected chi connectivity index (χ0v) is 11.2. The van der Waals surface area contributed by atoms with Crippen LogP contribution < -0.4 is 0 Å². The van der Waals surface area contributed by atoms with Gasteiger partial charge in [-0.15, -0.1) is 0 Å². The Morgan fingerprint density at radius 2 is 1.52 bits per heavy atom. The topological polar surface area (TPSA) is 74.6 Å². The standard InChI is InChI=1S/C17H14O4/c18-15(19)12-6-2-4-8-14(12)17(16(20)21)10-9-11-5-1-3-7-13(11)17/h1-8H,9-10H2,(H,18,19)(H,20,21). The van der Waals surface area contributed by atoms with E-state index >= 15 is 0 Å². The van der Waals surface area contributed by atoms with E-state index in [0.717, 1.165) is 5.56 Å². The number of carboxylic acids is 2. The van der Waals surface area contributed by atoms with Gasteiger partial charge in [-0.2, -0.15) is 0 Å². The molecule has 0 spiro atoms. The second-order valence-corrected chi connectivity index (χ2v) is 5.22. The third-order valence-corrected chi connectivity index (χ3v) is 4.23. The number of carbonyl (C=O) groups is 2. The first kappa shape index (κ1) is 13.4. The van der Waals surface area contributed by atoms with E-state index in [9.17, 15) is 19.8 Å². The molecule has 0 saturated carbocycles. The molecule has 1 aliphatic rings. The zero-order chi connectivity index (χ0) is 15.0. The van der Waals surface area contributed by atoms with E-state index in [1.54, 1.807) is 30.3 Å². The molecule has 0 bridgehead atoms. The molecule has 0 radical (unpaired) electrons. The van der Waals surface area contributed by atoms with Crippen molar-refractivity contribution >= 4 is 11.9 Å². The highest BCUT2D eigenvalue weighted by molar-refractivity contribution is 5.96. The smallest absolute Gasteiger partial charge is 0.336 e. The molecule has 2 aromatic rings. The summed E-state index contributed by atoms with van der Waals surface area (Å²) in [6.45, 7) is 0. The summed E-state index contributed by atoms with van der Waals surface area (Å²) in [6.07, 6.45) is 1.02. The molecule has 0 saturated heterocycles. The highest BCUT2D eigenvalue weighted by Gasteiger charge is 2.48. The Balaban J connectivity index is 2.32. The number of carboxylic acid groups (broad SMARTS) is 2. The average molecular weight is 282 g/mol. The molecule has 0 aromatic heterocycles. The summed E-state index contributed by atoms with van der Waals surface area (Å²) in [7, 11) is 0. The van der Waals surface area contributed by atoms with Gasteiger partial charge in [-0.05, 0) is 35.6 Å². The number of hydrogen-bond acceptors (Lipinski definition) is 2. The molecule has 0 amide bonds. The molecule has 1 aliphatic carbocycles. The van der Waals surface area contributed by atoms with Crippen molar-refractivity contribution in [3.8, 4) is 0 Å². The van der Waals surface area contributed by atoms with Crippen molar-refractivity contribution < 1.29 is 19.8 Å². The first-order chi connectivity index (χ1) is 10.1. The highest BCUT2D eigenvalue weighted by atomic mass is 16.4. The minimum atomic E-state index is -1.27. The first-order valence-electron chi connectivity index (χ1n) is 6.72. The molecule has 21 heavy (non-hydrogen) atoms. The second-order valence-electron chi connectivity index (χ2n) is 5.22. The van der Waals surface area contributed by atoms with Gasteiger partial charge < -0.3 is 10.2 Å². The SMILES string of the molecule is O=C(O)c1ccccc1C1(C(=O)O)CCc2ccccc21. The maximum absolute atomic E-state index is 12.1. The van der Waals surface area contributed by atoms with Crippen LogP contribution in [0.2, 0.25) is 0 Å². The molecule has 2 aromatic carbocycles. The number of aromatic carboxylic acids is 1. The van der Waals surface area contributed by atoms with Crippen LogP contribution in [0.25, 0.3) is 0 Å². The summed E-state index contributed by atoms with van der Waals surface area (Å²) in [6, 6.07) is 13.7. The number of rotatable bonds is 3. The van der Waals surface area contributed by atoms with Crippen molar-refractivity contribution in [2.24, 2.45) is 0 Å². The second kappa shape index (κ2) is 4.74. The van der Waals surface area contributed by atoms with Gasteiger partial charge >= 0.3 is 11.9 Å². The van der Waals surface area contributed by atoms with E-state index in [1.165, 1.54) is 6.07 Å². The molecule has 0 aliphatic heterocycles. The van der Waals surface area contributed by atoms with Crippen molar-refractivity contribution in [2.75, 3.05) is 0 Å². The molecular weight excluding hydrogens is 268 g/mol. The summed E-state index contributed by atoms with van der Waals surface area (Å²) in [5, 5.41) is 19.3. The zero-order valence-electron chi connectivity index (χ0n) is 11.2. The normalized spacial score (nSPS) is 20.0. The van der Waals surface area contributed by atoms with Crippen LogP contribution in [0, 0.1) is 0 Å². The molecule has 0 fully saturated rings. The first-order valence-corrected chi connectivity index (χ1v) is 6.72. The number of benzene rings is 2. The van der Waals surface area contributed by atoms with E-state index in [2.05, 4.69) is 0 Å². The Kier molecular flexibility index (Phi) is 3.01. The predicted octanol–water partition coefficient (Wildman–Crippen LogP) is 2.70. The summed E-state index contributed by atoms with van der Waals surface area (Å²) < 4.78 is 0. The third-order valence-electron chi connectivity index (χ3n) is 4.23. The van der Waals surface area contributed by atoms with Crippen LogP contribution in [-0.4, -0.2) is 22.2 Å². The molecule has 1 unspecified atom stereocenters. The van der Waals surface area contributed by atoms with Crippen LogP contribution in [0.3, 0.4) is 0 Å². The molecule has 0 heterocycles. The fourth-order valence-corrected chi connectivity index (χ4v) is 3.27. The van der Waals surface area contributed by atoms with Crippen LogP contribution in [0.15, 0.2) is 48.5 Å². The van der Waals surface area contributed by atoms with E-state index in [-0.39, 0.29) is 5.56 Å². The monoisotopic (exact) mass is 282 g/mol. The lowest BCUT2D eigenvalue weighted by molar-refractivity contribution is -0.142. The Labute approximate surface area is 121 Å². The predicted molar refractivity (Wildman–Crippen MR) is 76.6 cm³/mol. The summed E-state index contributed by atoms with van der Waals surface area (Å²) in [4.78, 5) is 23.5. The number of fused-ring (bicyclic) bond motifs is 1. The van der Waals surface area contributed by atoms with Gasteiger partial charge in [-0.3, -0.25) is 4.79 Å². The molecule has 4 nitrogen and oxygen atoms in total. The number of aliphatic carboxylic acids is 1.